The lowest BCUT2D eigenvalue weighted by molar-refractivity contribution is -0.153. The van der Waals surface area contributed by atoms with Gasteiger partial charge in [0.1, 0.15) is 23.2 Å². The van der Waals surface area contributed by atoms with E-state index in [1.54, 1.807) is 38.1 Å². The summed E-state index contributed by atoms with van der Waals surface area (Å²) in [6.45, 7) is 6.91. The number of ketones is 1. The monoisotopic (exact) mass is 360 g/mol. The van der Waals surface area contributed by atoms with Crippen molar-refractivity contribution in [3.8, 4) is 5.75 Å². The lowest BCUT2D eigenvalue weighted by atomic mass is 9.79. The van der Waals surface area contributed by atoms with Gasteiger partial charge in [0.05, 0.1) is 0 Å². The molecule has 6 nitrogen and oxygen atoms in total. The number of esters is 1. The van der Waals surface area contributed by atoms with Crippen molar-refractivity contribution in [3.05, 3.63) is 40.8 Å². The van der Waals surface area contributed by atoms with Gasteiger partial charge in [-0.05, 0) is 51.0 Å². The maximum atomic E-state index is 12.0. The summed E-state index contributed by atoms with van der Waals surface area (Å²) in [5.41, 5.74) is -0.472. The first-order valence-electron chi connectivity index (χ1n) is 8.61. The molecule has 0 aliphatic heterocycles. The Morgan fingerprint density at radius 2 is 1.96 bits per heavy atom. The van der Waals surface area contributed by atoms with Crippen molar-refractivity contribution in [1.29, 1.82) is 0 Å². The molecule has 0 N–H and O–H groups in total. The quantitative estimate of drug-likeness (QED) is 0.529. The van der Waals surface area contributed by atoms with E-state index in [1.165, 1.54) is 6.07 Å². The van der Waals surface area contributed by atoms with E-state index in [4.69, 9.17) is 13.9 Å². The molecular formula is C20H24O6. The molecule has 1 heterocycles. The van der Waals surface area contributed by atoms with E-state index in [9.17, 15) is 14.4 Å². The van der Waals surface area contributed by atoms with E-state index in [2.05, 4.69) is 0 Å². The fraction of sp³-hybridized carbons (Fsp3) is 0.450. The lowest BCUT2D eigenvalue weighted by Gasteiger charge is -2.28. The van der Waals surface area contributed by atoms with Crippen LogP contribution in [-0.4, -0.2) is 24.5 Å². The lowest BCUT2D eigenvalue weighted by Crippen LogP contribution is -2.31. The van der Waals surface area contributed by atoms with Crippen LogP contribution in [0, 0.1) is 5.41 Å². The molecule has 2 atom stereocenters. The Bertz CT molecular complexity index is 853. The van der Waals surface area contributed by atoms with Crippen LogP contribution in [0.25, 0.3) is 11.0 Å². The summed E-state index contributed by atoms with van der Waals surface area (Å²) in [6, 6.07) is 7.86. The highest BCUT2D eigenvalue weighted by Crippen LogP contribution is 2.29. The molecule has 2 unspecified atom stereocenters. The van der Waals surface area contributed by atoms with Gasteiger partial charge < -0.3 is 13.9 Å². The van der Waals surface area contributed by atoms with Crippen molar-refractivity contribution in [1.82, 2.24) is 0 Å². The largest absolute Gasteiger partial charge is 0.482 e. The molecule has 0 fully saturated rings. The first-order valence-corrected chi connectivity index (χ1v) is 8.61. The molecule has 1 aromatic heterocycles. The van der Waals surface area contributed by atoms with Crippen LogP contribution in [0.1, 0.15) is 40.5 Å². The molecule has 140 valence electrons. The summed E-state index contributed by atoms with van der Waals surface area (Å²) in [7, 11) is 0. The van der Waals surface area contributed by atoms with Crippen molar-refractivity contribution < 1.29 is 23.5 Å². The second-order valence-corrected chi connectivity index (χ2v) is 6.72. The number of rotatable bonds is 8. The van der Waals surface area contributed by atoms with E-state index in [-0.39, 0.29) is 18.5 Å². The van der Waals surface area contributed by atoms with Crippen LogP contribution >= 0.6 is 0 Å². The van der Waals surface area contributed by atoms with E-state index < -0.39 is 17.0 Å². The predicted octanol–water partition coefficient (Wildman–Crippen LogP) is 3.50. The summed E-state index contributed by atoms with van der Waals surface area (Å²) in [5.74, 6) is 0.0549. The molecule has 6 heteroatoms. The first-order chi connectivity index (χ1) is 12.2. The fourth-order valence-corrected chi connectivity index (χ4v) is 2.75. The highest BCUT2D eigenvalue weighted by atomic mass is 16.6. The van der Waals surface area contributed by atoms with Gasteiger partial charge in [-0.2, -0.15) is 0 Å². The third kappa shape index (κ3) is 4.94. The molecule has 26 heavy (non-hydrogen) atoms. The zero-order valence-corrected chi connectivity index (χ0v) is 15.5. The van der Waals surface area contributed by atoms with Crippen molar-refractivity contribution in [2.45, 2.75) is 46.6 Å². The first kappa shape index (κ1) is 19.7. The van der Waals surface area contributed by atoms with E-state index in [1.807, 2.05) is 13.8 Å². The van der Waals surface area contributed by atoms with Crippen LogP contribution in [0.3, 0.4) is 0 Å². The van der Waals surface area contributed by atoms with Crippen molar-refractivity contribution >= 4 is 22.7 Å². The van der Waals surface area contributed by atoms with Gasteiger partial charge in [0.2, 0.25) is 0 Å². The second-order valence-electron chi connectivity index (χ2n) is 6.72. The van der Waals surface area contributed by atoms with Crippen molar-refractivity contribution in [2.75, 3.05) is 6.61 Å². The van der Waals surface area contributed by atoms with Crippen LogP contribution in [0.15, 0.2) is 39.5 Å². The number of fused-ring (bicyclic) bond motifs is 1. The van der Waals surface area contributed by atoms with E-state index in [0.29, 0.717) is 29.6 Å². The molecular weight excluding hydrogens is 336 g/mol. The number of Topliss-reactive ketones (excluding diaryl/α,β-unsaturated/α-hetero) is 1. The van der Waals surface area contributed by atoms with Gasteiger partial charge in [0.15, 0.2) is 6.61 Å². The van der Waals surface area contributed by atoms with Crippen LogP contribution in [0.4, 0.5) is 0 Å². The smallest absolute Gasteiger partial charge is 0.344 e. The summed E-state index contributed by atoms with van der Waals surface area (Å²) in [6.07, 6.45) is 0.777. The third-order valence-electron chi connectivity index (χ3n) is 4.65. The molecule has 0 spiro atoms. The average molecular weight is 360 g/mol. The molecule has 2 aromatic rings. The number of ether oxygens (including phenoxy) is 2. The maximum absolute atomic E-state index is 12.0. The molecule has 0 amide bonds. The minimum absolute atomic E-state index is 0.0852. The average Bonchev–Trinajstić information content (AvgIpc) is 2.59. The van der Waals surface area contributed by atoms with Crippen LogP contribution < -0.4 is 10.4 Å². The number of benzene rings is 1. The summed E-state index contributed by atoms with van der Waals surface area (Å²) >= 11 is 0. The highest BCUT2D eigenvalue weighted by molar-refractivity contribution is 5.82. The molecule has 0 aliphatic carbocycles. The Morgan fingerprint density at radius 1 is 1.23 bits per heavy atom. The number of carbonyl (C=O) groups excluding carboxylic acids is 2. The SMILES string of the molecule is CCC(C)(CC(C)OC(=O)COc1ccc2oc(=O)ccc2c1)C(C)=O. The zero-order chi connectivity index (χ0) is 19.3. The third-order valence-corrected chi connectivity index (χ3v) is 4.65. The van der Waals surface area contributed by atoms with Gasteiger partial charge in [-0.25, -0.2) is 9.59 Å². The van der Waals surface area contributed by atoms with Crippen LogP contribution in [-0.2, 0) is 14.3 Å². The molecule has 0 bridgehead atoms. The van der Waals surface area contributed by atoms with E-state index >= 15 is 0 Å². The minimum Gasteiger partial charge on any atom is -0.482 e. The summed E-state index contributed by atoms with van der Waals surface area (Å²) in [5, 5.41) is 0.698. The van der Waals surface area contributed by atoms with Gasteiger partial charge in [0.25, 0.3) is 0 Å². The van der Waals surface area contributed by atoms with Gasteiger partial charge in [-0.15, -0.1) is 0 Å². The van der Waals surface area contributed by atoms with Crippen molar-refractivity contribution in [3.63, 3.8) is 0 Å². The standard InChI is InChI=1S/C20H24O6/c1-5-20(4,14(3)21)11-13(2)25-19(23)12-24-16-7-8-17-15(10-16)6-9-18(22)26-17/h6-10,13H,5,11-12H2,1-4H3. The summed E-state index contributed by atoms with van der Waals surface area (Å²) < 4.78 is 15.8. The molecule has 0 aliphatic rings. The number of hydrogen-bond acceptors (Lipinski definition) is 6. The van der Waals surface area contributed by atoms with Crippen molar-refractivity contribution in [2.24, 2.45) is 5.41 Å². The number of carbonyl (C=O) groups is 2. The van der Waals surface area contributed by atoms with Crippen LogP contribution in [0.5, 0.6) is 5.75 Å². The maximum Gasteiger partial charge on any atom is 0.344 e. The molecule has 0 saturated carbocycles. The molecule has 1 aromatic carbocycles. The van der Waals surface area contributed by atoms with Gasteiger partial charge in [-0.1, -0.05) is 13.8 Å². The van der Waals surface area contributed by atoms with E-state index in [0.717, 1.165) is 0 Å². The summed E-state index contributed by atoms with van der Waals surface area (Å²) in [4.78, 5) is 34.9. The highest BCUT2D eigenvalue weighted by Gasteiger charge is 2.31. The Balaban J connectivity index is 1.91. The molecule has 2 rings (SSSR count). The van der Waals surface area contributed by atoms with Gasteiger partial charge in [0, 0.05) is 16.9 Å². The van der Waals surface area contributed by atoms with Gasteiger partial charge in [-0.3, -0.25) is 4.79 Å². The Hall–Kier alpha value is -2.63. The topological polar surface area (TPSA) is 82.8 Å². The molecule has 0 radical (unpaired) electrons. The fourth-order valence-electron chi connectivity index (χ4n) is 2.75. The molecule has 0 saturated heterocycles. The zero-order valence-electron chi connectivity index (χ0n) is 15.5. The van der Waals surface area contributed by atoms with Gasteiger partial charge >= 0.3 is 11.6 Å². The second kappa shape index (κ2) is 8.17. The minimum atomic E-state index is -0.501. The Kier molecular flexibility index (Phi) is 6.18. The van der Waals surface area contributed by atoms with Crippen LogP contribution in [0.2, 0.25) is 0 Å². The number of hydrogen-bond donors (Lipinski definition) is 0. The Morgan fingerprint density at radius 3 is 2.62 bits per heavy atom. The predicted molar refractivity (Wildman–Crippen MR) is 97.2 cm³/mol. The normalized spacial score (nSPS) is 14.5. The Labute approximate surface area is 152 Å².